The van der Waals surface area contributed by atoms with Gasteiger partial charge in [0.1, 0.15) is 11.3 Å². The van der Waals surface area contributed by atoms with Crippen LogP contribution in [0.2, 0.25) is 0 Å². The number of hydrogen-bond donors (Lipinski definition) is 1. The van der Waals surface area contributed by atoms with Crippen LogP contribution in [0.15, 0.2) is 22.6 Å². The SMILES string of the molecule is CCOC(=O)c1oc2cccc(OCCCC3CCCNC3)c2c1C. The molecule has 0 bridgehead atoms. The molecule has 1 aromatic carbocycles. The van der Waals surface area contributed by atoms with Crippen LogP contribution in [0.5, 0.6) is 5.75 Å². The van der Waals surface area contributed by atoms with Gasteiger partial charge in [0, 0.05) is 5.56 Å². The Hall–Kier alpha value is -2.01. The average Bonchev–Trinajstić information content (AvgIpc) is 2.98. The van der Waals surface area contributed by atoms with Crippen molar-refractivity contribution in [2.45, 2.75) is 39.5 Å². The van der Waals surface area contributed by atoms with E-state index in [-0.39, 0.29) is 5.76 Å². The summed E-state index contributed by atoms with van der Waals surface area (Å²) >= 11 is 0. The van der Waals surface area contributed by atoms with Gasteiger partial charge in [0.25, 0.3) is 0 Å². The third kappa shape index (κ3) is 4.15. The highest BCUT2D eigenvalue weighted by molar-refractivity contribution is 5.98. The minimum absolute atomic E-state index is 0.265. The second-order valence-corrected chi connectivity index (χ2v) is 6.61. The van der Waals surface area contributed by atoms with Crippen molar-refractivity contribution in [1.29, 1.82) is 0 Å². The maximum atomic E-state index is 12.0. The van der Waals surface area contributed by atoms with Crippen LogP contribution in [0.25, 0.3) is 11.0 Å². The molecule has 0 radical (unpaired) electrons. The Kier molecular flexibility index (Phi) is 5.97. The van der Waals surface area contributed by atoms with E-state index in [1.54, 1.807) is 6.92 Å². The van der Waals surface area contributed by atoms with Crippen LogP contribution in [0.4, 0.5) is 0 Å². The molecule has 0 aliphatic carbocycles. The number of rotatable bonds is 7. The van der Waals surface area contributed by atoms with E-state index in [9.17, 15) is 4.79 Å². The van der Waals surface area contributed by atoms with Crippen LogP contribution < -0.4 is 10.1 Å². The van der Waals surface area contributed by atoms with E-state index in [0.717, 1.165) is 42.1 Å². The number of fused-ring (bicyclic) bond motifs is 1. The maximum Gasteiger partial charge on any atom is 0.374 e. The van der Waals surface area contributed by atoms with Gasteiger partial charge in [-0.25, -0.2) is 4.79 Å². The lowest BCUT2D eigenvalue weighted by Crippen LogP contribution is -2.29. The Morgan fingerprint density at radius 3 is 3.04 bits per heavy atom. The van der Waals surface area contributed by atoms with Crippen LogP contribution in [-0.4, -0.2) is 32.3 Å². The maximum absolute atomic E-state index is 12.0. The quantitative estimate of drug-likeness (QED) is 0.605. The van der Waals surface area contributed by atoms with Crippen LogP contribution >= 0.6 is 0 Å². The molecule has 0 amide bonds. The summed E-state index contributed by atoms with van der Waals surface area (Å²) in [4.78, 5) is 12.0. The highest BCUT2D eigenvalue weighted by Crippen LogP contribution is 2.33. The normalized spacial score (nSPS) is 17.6. The number of aryl methyl sites for hydroxylation is 1. The molecule has 1 fully saturated rings. The number of hydrogen-bond acceptors (Lipinski definition) is 5. The van der Waals surface area contributed by atoms with Gasteiger partial charge < -0.3 is 19.2 Å². The average molecular weight is 345 g/mol. The number of esters is 1. The molecular formula is C20H27NO4. The molecule has 25 heavy (non-hydrogen) atoms. The summed E-state index contributed by atoms with van der Waals surface area (Å²) in [6.45, 7) is 6.94. The van der Waals surface area contributed by atoms with E-state index in [1.165, 1.54) is 19.3 Å². The zero-order valence-electron chi connectivity index (χ0n) is 15.1. The molecule has 0 saturated carbocycles. The van der Waals surface area contributed by atoms with Crippen molar-refractivity contribution in [3.8, 4) is 5.75 Å². The summed E-state index contributed by atoms with van der Waals surface area (Å²) in [6, 6.07) is 5.67. The summed E-state index contributed by atoms with van der Waals surface area (Å²) in [6.07, 6.45) is 4.80. The van der Waals surface area contributed by atoms with Crippen LogP contribution in [0.1, 0.15) is 48.7 Å². The molecule has 5 heteroatoms. The summed E-state index contributed by atoms with van der Waals surface area (Å²) in [5.41, 5.74) is 1.44. The van der Waals surface area contributed by atoms with Gasteiger partial charge in [-0.3, -0.25) is 0 Å². The van der Waals surface area contributed by atoms with Crippen molar-refractivity contribution >= 4 is 16.9 Å². The molecule has 3 rings (SSSR count). The van der Waals surface area contributed by atoms with Crippen molar-refractivity contribution in [1.82, 2.24) is 5.32 Å². The number of benzene rings is 1. The zero-order chi connectivity index (χ0) is 17.6. The Morgan fingerprint density at radius 2 is 2.28 bits per heavy atom. The first-order valence-electron chi connectivity index (χ1n) is 9.23. The fraction of sp³-hybridized carbons (Fsp3) is 0.550. The number of carbonyl (C=O) groups is 1. The lowest BCUT2D eigenvalue weighted by molar-refractivity contribution is 0.0491. The Balaban J connectivity index is 1.65. The topological polar surface area (TPSA) is 60.7 Å². The second-order valence-electron chi connectivity index (χ2n) is 6.61. The number of carbonyl (C=O) groups excluding carboxylic acids is 1. The van der Waals surface area contributed by atoms with Crippen LogP contribution in [-0.2, 0) is 4.74 Å². The first kappa shape index (κ1) is 17.8. The Morgan fingerprint density at radius 1 is 1.40 bits per heavy atom. The van der Waals surface area contributed by atoms with Crippen molar-refractivity contribution in [3.05, 3.63) is 29.5 Å². The van der Waals surface area contributed by atoms with Gasteiger partial charge in [-0.1, -0.05) is 6.07 Å². The van der Waals surface area contributed by atoms with Gasteiger partial charge in [-0.05, 0) is 70.7 Å². The molecule has 0 spiro atoms. The van der Waals surface area contributed by atoms with E-state index in [4.69, 9.17) is 13.9 Å². The molecule has 1 aromatic heterocycles. The zero-order valence-corrected chi connectivity index (χ0v) is 15.1. The summed E-state index contributed by atoms with van der Waals surface area (Å²) in [5.74, 6) is 1.38. The second kappa shape index (κ2) is 8.39. The molecule has 1 atom stereocenters. The first-order valence-corrected chi connectivity index (χ1v) is 9.23. The number of ether oxygens (including phenoxy) is 2. The molecule has 1 unspecified atom stereocenters. The highest BCUT2D eigenvalue weighted by atomic mass is 16.5. The largest absolute Gasteiger partial charge is 0.493 e. The highest BCUT2D eigenvalue weighted by Gasteiger charge is 2.21. The van der Waals surface area contributed by atoms with Gasteiger partial charge in [-0.2, -0.15) is 0 Å². The monoisotopic (exact) mass is 345 g/mol. The molecule has 2 heterocycles. The fourth-order valence-electron chi connectivity index (χ4n) is 3.50. The standard InChI is InChI=1S/C20H27NO4/c1-3-23-20(22)19-14(2)18-16(9-4-10-17(18)25-19)24-12-6-8-15-7-5-11-21-13-15/h4,9-10,15,21H,3,5-8,11-13H2,1-2H3. The summed E-state index contributed by atoms with van der Waals surface area (Å²) < 4.78 is 16.8. The molecular weight excluding hydrogens is 318 g/mol. The molecule has 1 N–H and O–H groups in total. The van der Waals surface area contributed by atoms with Gasteiger partial charge in [0.15, 0.2) is 0 Å². The third-order valence-electron chi connectivity index (χ3n) is 4.79. The number of furan rings is 1. The minimum Gasteiger partial charge on any atom is -0.493 e. The van der Waals surface area contributed by atoms with E-state index < -0.39 is 5.97 Å². The van der Waals surface area contributed by atoms with Crippen molar-refractivity contribution in [2.75, 3.05) is 26.3 Å². The third-order valence-corrected chi connectivity index (χ3v) is 4.79. The lowest BCUT2D eigenvalue weighted by atomic mass is 9.95. The smallest absolute Gasteiger partial charge is 0.374 e. The van der Waals surface area contributed by atoms with E-state index in [0.29, 0.717) is 18.8 Å². The van der Waals surface area contributed by atoms with Crippen molar-refractivity contribution < 1.29 is 18.7 Å². The van der Waals surface area contributed by atoms with E-state index >= 15 is 0 Å². The molecule has 5 nitrogen and oxygen atoms in total. The van der Waals surface area contributed by atoms with E-state index in [1.807, 2.05) is 25.1 Å². The predicted molar refractivity (Wildman–Crippen MR) is 97.2 cm³/mol. The molecule has 1 saturated heterocycles. The fourth-order valence-corrected chi connectivity index (χ4v) is 3.50. The Labute approximate surface area is 148 Å². The van der Waals surface area contributed by atoms with Crippen LogP contribution in [0.3, 0.4) is 0 Å². The van der Waals surface area contributed by atoms with E-state index in [2.05, 4.69) is 5.32 Å². The van der Waals surface area contributed by atoms with Crippen LogP contribution in [0, 0.1) is 12.8 Å². The first-order chi connectivity index (χ1) is 12.2. The Bertz CT molecular complexity index is 716. The van der Waals surface area contributed by atoms with Crippen molar-refractivity contribution in [3.63, 3.8) is 0 Å². The predicted octanol–water partition coefficient (Wildman–Crippen LogP) is 4.08. The molecule has 1 aliphatic heterocycles. The molecule has 136 valence electrons. The molecule has 1 aliphatic rings. The van der Waals surface area contributed by atoms with Gasteiger partial charge in [0.05, 0.1) is 18.6 Å². The number of piperidine rings is 1. The summed E-state index contributed by atoms with van der Waals surface area (Å²) in [5, 5.41) is 4.32. The van der Waals surface area contributed by atoms with Gasteiger partial charge >= 0.3 is 5.97 Å². The minimum atomic E-state index is -0.424. The number of nitrogens with one attached hydrogen (secondary N) is 1. The van der Waals surface area contributed by atoms with Crippen molar-refractivity contribution in [2.24, 2.45) is 5.92 Å². The lowest BCUT2D eigenvalue weighted by Gasteiger charge is -2.22. The summed E-state index contributed by atoms with van der Waals surface area (Å²) in [7, 11) is 0. The molecule has 2 aromatic rings. The van der Waals surface area contributed by atoms with Gasteiger partial charge in [0.2, 0.25) is 5.76 Å². The van der Waals surface area contributed by atoms with Gasteiger partial charge in [-0.15, -0.1) is 0 Å².